The van der Waals surface area contributed by atoms with Crippen LogP contribution in [0.2, 0.25) is 0 Å². The third-order valence-electron chi connectivity index (χ3n) is 7.16. The number of amides is 4. The van der Waals surface area contributed by atoms with Gasteiger partial charge in [-0.05, 0) is 18.4 Å². The lowest BCUT2D eigenvalue weighted by Crippen LogP contribution is -2.46. The maximum Gasteiger partial charge on any atom is 0.273 e. The maximum atomic E-state index is 13.6. The van der Waals surface area contributed by atoms with Crippen molar-refractivity contribution in [2.45, 2.75) is 39.3 Å². The molecule has 45 heavy (non-hydrogen) atoms. The summed E-state index contributed by atoms with van der Waals surface area (Å²) in [5.74, 6) is -1.89. The predicted molar refractivity (Wildman–Crippen MR) is 164 cm³/mol. The molecule has 0 saturated heterocycles. The zero-order valence-electron chi connectivity index (χ0n) is 24.9. The number of rotatable bonds is 4. The van der Waals surface area contributed by atoms with Crippen molar-refractivity contribution >= 4 is 40.9 Å². The second-order valence-corrected chi connectivity index (χ2v) is 11.7. The minimum Gasteiger partial charge on any atom is -0.446 e. The molecule has 4 aromatic rings. The summed E-state index contributed by atoms with van der Waals surface area (Å²) in [7, 11) is 0. The Morgan fingerprint density at radius 3 is 2.60 bits per heavy atom. The van der Waals surface area contributed by atoms with Crippen LogP contribution in [-0.2, 0) is 11.2 Å². The Hall–Kier alpha value is -5.18. The normalized spacial score (nSPS) is 18.0. The number of benzene rings is 1. The van der Waals surface area contributed by atoms with E-state index in [2.05, 4.69) is 35.9 Å². The van der Waals surface area contributed by atoms with Crippen LogP contribution in [0.25, 0.3) is 0 Å². The molecule has 0 fully saturated rings. The molecule has 3 aromatic heterocycles. The number of oxazole rings is 1. The number of nitrogen functional groups attached to an aromatic ring is 1. The van der Waals surface area contributed by atoms with Crippen LogP contribution in [0.3, 0.4) is 0 Å². The third-order valence-corrected chi connectivity index (χ3v) is 8.09. The number of nitrogens with two attached hydrogens (primary N) is 1. The van der Waals surface area contributed by atoms with Crippen LogP contribution in [0.5, 0.6) is 0 Å². The number of carbonyl (C=O) groups is 4. The largest absolute Gasteiger partial charge is 0.446 e. The number of nitrogens with zero attached hydrogens (tertiary/aromatic N) is 5. The van der Waals surface area contributed by atoms with Crippen LogP contribution in [0.4, 0.5) is 5.95 Å². The first-order chi connectivity index (χ1) is 21.6. The van der Waals surface area contributed by atoms with E-state index in [4.69, 9.17) is 10.2 Å². The summed E-state index contributed by atoms with van der Waals surface area (Å²) in [5, 5.41) is 10.8. The number of hydrogen-bond acceptors (Lipinski definition) is 11. The van der Waals surface area contributed by atoms with Crippen LogP contribution < -0.4 is 21.7 Å². The van der Waals surface area contributed by atoms with Gasteiger partial charge in [-0.1, -0.05) is 44.2 Å². The Kier molecular flexibility index (Phi) is 9.47. The van der Waals surface area contributed by atoms with Gasteiger partial charge < -0.3 is 31.0 Å². The first-order valence-corrected chi connectivity index (χ1v) is 15.2. The van der Waals surface area contributed by atoms with E-state index in [9.17, 15) is 19.2 Å². The fraction of sp³-hybridized carbons (Fsp3) is 0.333. The average molecular weight is 632 g/mol. The number of fused-ring (bicyclic) bond motifs is 4. The highest BCUT2D eigenvalue weighted by molar-refractivity contribution is 7.09. The molecule has 1 aromatic carbocycles. The Morgan fingerprint density at radius 1 is 1.09 bits per heavy atom. The molecule has 234 valence electrons. The number of hydrogen-bond donors (Lipinski definition) is 4. The number of carbonyl (C=O) groups excluding carboxylic acids is 4. The van der Waals surface area contributed by atoms with Crippen LogP contribution in [0.15, 0.2) is 52.6 Å². The fourth-order valence-corrected chi connectivity index (χ4v) is 5.81. The van der Waals surface area contributed by atoms with E-state index in [1.165, 1.54) is 28.7 Å². The Bertz CT molecular complexity index is 1700. The van der Waals surface area contributed by atoms with Gasteiger partial charge in [0.05, 0.1) is 23.8 Å². The molecule has 0 unspecified atom stereocenters. The molecular weight excluding hydrogens is 598 g/mol. The fourth-order valence-electron chi connectivity index (χ4n) is 4.79. The van der Waals surface area contributed by atoms with E-state index >= 15 is 0 Å². The first-order valence-electron chi connectivity index (χ1n) is 14.3. The van der Waals surface area contributed by atoms with Crippen molar-refractivity contribution in [3.05, 3.63) is 87.3 Å². The molecule has 5 N–H and O–H groups in total. The van der Waals surface area contributed by atoms with Gasteiger partial charge >= 0.3 is 0 Å². The van der Waals surface area contributed by atoms with Crippen molar-refractivity contribution in [3.63, 3.8) is 0 Å². The van der Waals surface area contributed by atoms with Gasteiger partial charge in [-0.15, -0.1) is 11.3 Å². The Balaban J connectivity index is 1.48. The SMILES string of the molecule is Cc1nc(N)ncc1C(=O)N1CCNC(=O)c2coc(n2)[C@H](Cc2ccccc2)NC(=O)c2csc(n2)[C@H](C(C)C)NC(=O)C1. The third kappa shape index (κ3) is 7.49. The number of thiazole rings is 1. The highest BCUT2D eigenvalue weighted by Gasteiger charge is 2.29. The van der Waals surface area contributed by atoms with E-state index in [-0.39, 0.29) is 54.3 Å². The molecule has 0 saturated carbocycles. The minimum absolute atomic E-state index is 0.00253. The monoisotopic (exact) mass is 631 g/mol. The molecule has 1 aliphatic heterocycles. The van der Waals surface area contributed by atoms with Crippen molar-refractivity contribution in [2.24, 2.45) is 5.92 Å². The molecule has 1 aliphatic rings. The molecule has 0 aliphatic carbocycles. The molecular formula is C30H33N9O5S. The summed E-state index contributed by atoms with van der Waals surface area (Å²) in [6.45, 7) is 5.13. The molecule has 4 amide bonds. The van der Waals surface area contributed by atoms with Gasteiger partial charge in [0.1, 0.15) is 23.0 Å². The molecule has 0 radical (unpaired) electrons. The summed E-state index contributed by atoms with van der Waals surface area (Å²) in [6, 6.07) is 8.25. The second-order valence-electron chi connectivity index (χ2n) is 10.9. The van der Waals surface area contributed by atoms with E-state index in [1.807, 2.05) is 44.2 Å². The summed E-state index contributed by atoms with van der Waals surface area (Å²) < 4.78 is 5.68. The lowest BCUT2D eigenvalue weighted by molar-refractivity contribution is -0.122. The van der Waals surface area contributed by atoms with Gasteiger partial charge in [0.2, 0.25) is 17.7 Å². The molecule has 5 rings (SSSR count). The first kappa shape index (κ1) is 31.3. The van der Waals surface area contributed by atoms with E-state index in [0.717, 1.165) is 5.56 Å². The molecule has 4 heterocycles. The molecule has 15 heteroatoms. The van der Waals surface area contributed by atoms with Crippen LogP contribution in [-0.4, -0.2) is 68.1 Å². The van der Waals surface area contributed by atoms with Crippen molar-refractivity contribution < 1.29 is 23.6 Å². The molecule has 14 nitrogen and oxygen atoms in total. The summed E-state index contributed by atoms with van der Waals surface area (Å²) in [5.41, 5.74) is 7.26. The quantitative estimate of drug-likeness (QED) is 0.259. The van der Waals surface area contributed by atoms with Gasteiger partial charge in [0.25, 0.3) is 17.7 Å². The zero-order valence-corrected chi connectivity index (χ0v) is 25.8. The highest BCUT2D eigenvalue weighted by Crippen LogP contribution is 2.26. The second kappa shape index (κ2) is 13.6. The van der Waals surface area contributed by atoms with Crippen molar-refractivity contribution in [2.75, 3.05) is 25.4 Å². The van der Waals surface area contributed by atoms with Crippen LogP contribution >= 0.6 is 11.3 Å². The van der Waals surface area contributed by atoms with Gasteiger partial charge in [0.15, 0.2) is 5.69 Å². The molecule has 4 bridgehead atoms. The smallest absolute Gasteiger partial charge is 0.273 e. The summed E-state index contributed by atoms with van der Waals surface area (Å²) in [6.07, 6.45) is 2.87. The van der Waals surface area contributed by atoms with Crippen molar-refractivity contribution in [1.29, 1.82) is 0 Å². The van der Waals surface area contributed by atoms with Gasteiger partial charge in [-0.3, -0.25) is 19.2 Å². The van der Waals surface area contributed by atoms with Crippen molar-refractivity contribution in [3.8, 4) is 0 Å². The summed E-state index contributed by atoms with van der Waals surface area (Å²) >= 11 is 1.24. The zero-order chi connectivity index (χ0) is 32.1. The van der Waals surface area contributed by atoms with E-state index < -0.39 is 35.7 Å². The van der Waals surface area contributed by atoms with E-state index in [0.29, 0.717) is 17.1 Å². The molecule has 2 atom stereocenters. The van der Waals surface area contributed by atoms with Gasteiger partial charge in [-0.2, -0.15) is 0 Å². The van der Waals surface area contributed by atoms with Crippen molar-refractivity contribution in [1.82, 2.24) is 40.8 Å². The van der Waals surface area contributed by atoms with Gasteiger partial charge in [0, 0.05) is 31.1 Å². The van der Waals surface area contributed by atoms with Gasteiger partial charge in [-0.25, -0.2) is 19.9 Å². The summed E-state index contributed by atoms with van der Waals surface area (Å²) in [4.78, 5) is 71.5. The lowest BCUT2D eigenvalue weighted by atomic mass is 10.0. The minimum atomic E-state index is -0.704. The number of nitrogens with one attached hydrogen (secondary N) is 3. The Morgan fingerprint density at radius 2 is 1.87 bits per heavy atom. The van der Waals surface area contributed by atoms with Crippen LogP contribution in [0, 0.1) is 12.8 Å². The number of aryl methyl sites for hydroxylation is 1. The maximum absolute atomic E-state index is 13.6. The molecule has 0 spiro atoms. The van der Waals surface area contributed by atoms with E-state index in [1.54, 1.807) is 12.3 Å². The highest BCUT2D eigenvalue weighted by atomic mass is 32.1. The Labute approximate surface area is 262 Å². The van der Waals surface area contributed by atoms with Crippen LogP contribution in [0.1, 0.15) is 79.4 Å². The number of aromatic nitrogens is 4. The average Bonchev–Trinajstić information content (AvgIpc) is 3.70. The number of anilines is 1. The predicted octanol–water partition coefficient (Wildman–Crippen LogP) is 2.22. The lowest BCUT2D eigenvalue weighted by Gasteiger charge is -2.25. The topological polar surface area (TPSA) is 198 Å². The standard InChI is InChI=1S/C30H33N9O5S/c1-16(2)24-28-37-22(15-45-28)26(42)35-20(11-18-7-5-4-6-8-18)27-36-21(14-44-27)25(41)32-9-10-39(13-23(40)38-24)29(43)19-12-33-30(31)34-17(19)3/h4-8,12,14-16,20,24H,9-11,13H2,1-3H3,(H,32,41)(H,35,42)(H,38,40)(H2,31,33,34)/t20-,24-/m0/s1.